The monoisotopic (exact) mass is 476 g/mol. The van der Waals surface area contributed by atoms with Crippen molar-refractivity contribution in [2.24, 2.45) is 5.41 Å². The van der Waals surface area contributed by atoms with Gasteiger partial charge in [-0.1, -0.05) is 49.6 Å². The van der Waals surface area contributed by atoms with Crippen LogP contribution in [0.5, 0.6) is 0 Å². The summed E-state index contributed by atoms with van der Waals surface area (Å²) in [5.41, 5.74) is 5.66. The van der Waals surface area contributed by atoms with E-state index in [0.29, 0.717) is 22.6 Å². The van der Waals surface area contributed by atoms with Crippen molar-refractivity contribution >= 4 is 46.0 Å². The first-order chi connectivity index (χ1) is 16.1. The van der Waals surface area contributed by atoms with Crippen molar-refractivity contribution in [2.75, 3.05) is 17.2 Å². The Bertz CT molecular complexity index is 1430. The molecule has 174 valence electrons. The Kier molecular flexibility index (Phi) is 8.78. The number of carbonyl (C=O) groups excluding carboxylic acids is 2. The van der Waals surface area contributed by atoms with Gasteiger partial charge in [0.2, 0.25) is 5.91 Å². The zero-order valence-electron chi connectivity index (χ0n) is 19.3. The van der Waals surface area contributed by atoms with Gasteiger partial charge in [-0.05, 0) is 25.1 Å². The highest BCUT2D eigenvalue weighted by Gasteiger charge is 2.21. The Morgan fingerprint density at radius 1 is 1.21 bits per heavy atom. The van der Waals surface area contributed by atoms with Gasteiger partial charge in [0.1, 0.15) is 21.8 Å². The van der Waals surface area contributed by atoms with Gasteiger partial charge in [0.25, 0.3) is 11.5 Å². The molecule has 2 amide bonds. The van der Waals surface area contributed by atoms with Crippen LogP contribution in [0.1, 0.15) is 27.7 Å². The third-order valence-corrected chi connectivity index (χ3v) is 5.35. The van der Waals surface area contributed by atoms with Gasteiger partial charge in [-0.15, -0.1) is 0 Å². The van der Waals surface area contributed by atoms with E-state index >= 15 is 0 Å². The summed E-state index contributed by atoms with van der Waals surface area (Å²) in [5, 5.41) is 26.0. The van der Waals surface area contributed by atoms with Gasteiger partial charge in [0, 0.05) is 29.5 Å². The van der Waals surface area contributed by atoms with Gasteiger partial charge < -0.3 is 16.0 Å². The van der Waals surface area contributed by atoms with Crippen LogP contribution in [0.25, 0.3) is 11.5 Å². The van der Waals surface area contributed by atoms with Gasteiger partial charge in [0.15, 0.2) is 5.57 Å². The van der Waals surface area contributed by atoms with Gasteiger partial charge in [-0.2, -0.15) is 10.5 Å². The van der Waals surface area contributed by atoms with E-state index in [9.17, 15) is 19.6 Å². The van der Waals surface area contributed by atoms with Crippen molar-refractivity contribution in [1.82, 2.24) is 9.88 Å². The third kappa shape index (κ3) is 6.83. The summed E-state index contributed by atoms with van der Waals surface area (Å²) >= 11 is 1.03. The molecule has 0 radical (unpaired) electrons. The number of carbonyl (C=O) groups is 2. The highest BCUT2D eigenvalue weighted by Crippen LogP contribution is 2.19. The van der Waals surface area contributed by atoms with Gasteiger partial charge >= 0.3 is 0 Å². The molecule has 0 saturated heterocycles. The van der Waals surface area contributed by atoms with Crippen LogP contribution in [-0.4, -0.2) is 22.9 Å². The van der Waals surface area contributed by atoms with Crippen LogP contribution in [0.2, 0.25) is 0 Å². The number of nitriles is 2. The maximum atomic E-state index is 12.7. The lowest BCUT2D eigenvalue weighted by Crippen LogP contribution is -2.30. The van der Waals surface area contributed by atoms with E-state index < -0.39 is 11.3 Å². The van der Waals surface area contributed by atoms with Crippen molar-refractivity contribution in [3.63, 3.8) is 0 Å². The van der Waals surface area contributed by atoms with E-state index in [1.807, 2.05) is 20.8 Å². The molecule has 2 rings (SSSR count). The molecule has 0 aliphatic rings. The Morgan fingerprint density at radius 3 is 2.53 bits per heavy atom. The molecule has 1 heterocycles. The number of aromatic nitrogens is 1. The number of hydrogen-bond donors (Lipinski definition) is 3. The van der Waals surface area contributed by atoms with Gasteiger partial charge in [0.05, 0.1) is 6.07 Å². The number of hydrogen-bond acceptors (Lipinski definition) is 7. The number of rotatable bonds is 6. The fraction of sp³-hybridized carbons (Fsp3) is 0.292. The first kappa shape index (κ1) is 25.9. The van der Waals surface area contributed by atoms with Crippen LogP contribution in [0.3, 0.4) is 0 Å². The van der Waals surface area contributed by atoms with Crippen LogP contribution >= 0.6 is 11.3 Å². The average molecular weight is 477 g/mol. The second-order valence-electron chi connectivity index (χ2n) is 7.96. The van der Waals surface area contributed by atoms with E-state index in [4.69, 9.17) is 5.26 Å². The highest BCUT2D eigenvalue weighted by molar-refractivity contribution is 7.07. The maximum Gasteiger partial charge on any atom is 0.277 e. The lowest BCUT2D eigenvalue weighted by atomic mass is 9.95. The molecular formula is C24H24N6O3S. The van der Waals surface area contributed by atoms with E-state index in [2.05, 4.69) is 27.4 Å². The molecule has 3 N–H and O–H groups in total. The molecular weight excluding hydrogens is 452 g/mol. The molecule has 1 aromatic heterocycles. The molecule has 0 atom stereocenters. The summed E-state index contributed by atoms with van der Waals surface area (Å²) in [5.74, 6) is -0.853. The minimum atomic E-state index is -0.742. The van der Waals surface area contributed by atoms with Gasteiger partial charge in [-0.3, -0.25) is 19.0 Å². The van der Waals surface area contributed by atoms with Crippen molar-refractivity contribution in [1.29, 1.82) is 10.5 Å². The Morgan fingerprint density at radius 2 is 1.91 bits per heavy atom. The van der Waals surface area contributed by atoms with Crippen LogP contribution in [0.15, 0.2) is 40.8 Å². The summed E-state index contributed by atoms with van der Waals surface area (Å²) in [6.45, 7) is 7.29. The number of nitrogens with zero attached hydrogens (tertiary/aromatic N) is 3. The minimum absolute atomic E-state index is 0.111. The van der Waals surface area contributed by atoms with Crippen LogP contribution in [0.4, 0.5) is 11.4 Å². The van der Waals surface area contributed by atoms with Crippen LogP contribution in [-0.2, 0) is 16.1 Å². The molecule has 9 nitrogen and oxygen atoms in total. The Hall–Kier alpha value is -4.33. The molecule has 0 aliphatic heterocycles. The predicted molar refractivity (Wildman–Crippen MR) is 131 cm³/mol. The van der Waals surface area contributed by atoms with Crippen LogP contribution < -0.4 is 30.7 Å². The molecule has 0 bridgehead atoms. The number of amides is 2. The van der Waals surface area contributed by atoms with E-state index in [0.717, 1.165) is 11.3 Å². The summed E-state index contributed by atoms with van der Waals surface area (Å²) in [7, 11) is 0. The largest absolute Gasteiger partial charge is 0.355 e. The molecule has 2 aromatic rings. The Balaban J connectivity index is 2.42. The molecule has 0 aliphatic carbocycles. The van der Waals surface area contributed by atoms with Crippen LogP contribution in [0, 0.1) is 28.1 Å². The van der Waals surface area contributed by atoms with Crippen molar-refractivity contribution in [3.8, 4) is 12.1 Å². The SMILES string of the molecule is CCn1c(=C=C(C#N)C(=O)NCC#N)sc(=C=CNc2cccc(NC(=O)C(C)(C)C)c2)c1=O. The maximum absolute atomic E-state index is 12.7. The lowest BCUT2D eigenvalue weighted by molar-refractivity contribution is -0.123. The first-order valence-corrected chi connectivity index (χ1v) is 11.1. The van der Waals surface area contributed by atoms with E-state index in [1.54, 1.807) is 43.3 Å². The standard InChI is InChI=1S/C24H24N6O3S/c1-5-30-20(13-16(15-26)21(31)28-12-10-25)34-19(22(30)32)9-11-27-17-7-6-8-18(14-17)29-23(33)24(2,3)4/h6-8,11,14,27H,5,12H2,1-4H3,(H,28,31)(H,29,33). The zero-order chi connectivity index (χ0) is 25.3. The molecule has 0 unspecified atom stereocenters. The molecule has 0 fully saturated rings. The van der Waals surface area contributed by atoms with Gasteiger partial charge in [-0.25, -0.2) is 0 Å². The summed E-state index contributed by atoms with van der Waals surface area (Å²) in [6.07, 6.45) is 1.47. The second kappa shape index (κ2) is 11.5. The van der Waals surface area contributed by atoms with E-state index in [-0.39, 0.29) is 28.1 Å². The smallest absolute Gasteiger partial charge is 0.277 e. The quantitative estimate of drug-likeness (QED) is 0.327. The second-order valence-corrected chi connectivity index (χ2v) is 8.96. The minimum Gasteiger partial charge on any atom is -0.355 e. The molecule has 10 heteroatoms. The fourth-order valence-corrected chi connectivity index (χ4v) is 3.51. The average Bonchev–Trinajstić information content (AvgIpc) is 3.09. The first-order valence-electron chi connectivity index (χ1n) is 10.3. The number of anilines is 2. The lowest BCUT2D eigenvalue weighted by Gasteiger charge is -2.17. The molecule has 0 saturated carbocycles. The number of nitrogens with one attached hydrogen (secondary N) is 3. The zero-order valence-corrected chi connectivity index (χ0v) is 20.1. The fourth-order valence-electron chi connectivity index (χ4n) is 2.52. The molecule has 34 heavy (non-hydrogen) atoms. The topological polar surface area (TPSA) is 140 Å². The highest BCUT2D eigenvalue weighted by atomic mass is 32.1. The summed E-state index contributed by atoms with van der Waals surface area (Å²) in [6, 6.07) is 10.6. The predicted octanol–water partition coefficient (Wildman–Crippen LogP) is 1.39. The molecule has 0 spiro atoms. The summed E-state index contributed by atoms with van der Waals surface area (Å²) < 4.78 is 1.92. The molecule has 1 aromatic carbocycles. The number of benzene rings is 1. The van der Waals surface area contributed by atoms with Crippen molar-refractivity contribution in [3.05, 3.63) is 55.6 Å². The summed E-state index contributed by atoms with van der Waals surface area (Å²) in [4.78, 5) is 36.8. The van der Waals surface area contributed by atoms with Crippen molar-refractivity contribution in [2.45, 2.75) is 34.2 Å². The normalized spacial score (nSPS) is 10.1. The van der Waals surface area contributed by atoms with Crippen molar-refractivity contribution < 1.29 is 9.59 Å². The Labute approximate surface area is 200 Å². The number of thiazole rings is 1. The third-order valence-electron chi connectivity index (χ3n) is 4.34. The van der Waals surface area contributed by atoms with E-state index in [1.165, 1.54) is 10.8 Å².